The van der Waals surface area contributed by atoms with Crippen molar-refractivity contribution in [2.75, 3.05) is 0 Å². The summed E-state index contributed by atoms with van der Waals surface area (Å²) < 4.78 is 0. The van der Waals surface area contributed by atoms with Gasteiger partial charge in [0, 0.05) is 23.9 Å². The summed E-state index contributed by atoms with van der Waals surface area (Å²) in [7, 11) is 0. The number of carboxylic acid groups (broad SMARTS) is 4. The summed E-state index contributed by atoms with van der Waals surface area (Å²) in [6.45, 7) is 7.21. The van der Waals surface area contributed by atoms with E-state index >= 15 is 0 Å². The molecule has 0 saturated heterocycles. The monoisotopic (exact) mass is 457 g/mol. The Kier molecular flexibility index (Phi) is 118. The van der Waals surface area contributed by atoms with Crippen molar-refractivity contribution >= 4 is 23.9 Å². The molecule has 0 aromatic rings. The van der Waals surface area contributed by atoms with E-state index in [9.17, 15) is 39.6 Å². The second-order valence-electron chi connectivity index (χ2n) is 4.49. The van der Waals surface area contributed by atoms with Crippen LogP contribution < -0.4 is 55.9 Å². The van der Waals surface area contributed by atoms with E-state index in [1.54, 1.807) is 27.7 Å². The van der Waals surface area contributed by atoms with Gasteiger partial charge >= 0.3 is 0 Å². The summed E-state index contributed by atoms with van der Waals surface area (Å²) in [6, 6.07) is 0. The number of carbonyl (C=O) groups is 4. The molecule has 0 aliphatic heterocycles. The maximum absolute atomic E-state index is 9.49. The molecule has 0 unspecified atom stereocenters. The van der Waals surface area contributed by atoms with Gasteiger partial charge in [-0.15, -0.1) is 0 Å². The molecule has 20 N–H and O–H groups in total. The highest BCUT2D eigenvalue weighted by Gasteiger charge is 1.76. The number of rotatable bonds is 8. The fourth-order valence-electron chi connectivity index (χ4n) is 0.816. The predicted molar refractivity (Wildman–Crippen MR) is 110 cm³/mol. The number of carbonyl (C=O) groups excluding carboxylic acids is 4. The van der Waals surface area contributed by atoms with Gasteiger partial charge < -0.3 is 75.1 Å². The molecule has 14 heteroatoms. The maximum Gasteiger partial charge on any atom is 0.0414 e. The molecule has 0 fully saturated rings. The van der Waals surface area contributed by atoms with Crippen molar-refractivity contribution < 1.29 is 44.3 Å². The van der Waals surface area contributed by atoms with Gasteiger partial charge in [-0.2, -0.15) is 0 Å². The highest BCUT2D eigenvalue weighted by atomic mass is 19.0. The molecule has 0 bridgehead atoms. The predicted octanol–water partition coefficient (Wildman–Crippen LogP) is -2.97. The Morgan fingerprint density at radius 3 is 0.533 bits per heavy atom. The smallest absolute Gasteiger partial charge is 0.0414 e. The number of halogens is 1. The van der Waals surface area contributed by atoms with Crippen LogP contribution in [0.1, 0.15) is 79.1 Å². The average Bonchev–Trinajstić information content (AvgIpc) is 2.39. The number of hydrogen-bond acceptors (Lipinski definition) is 8. The zero-order valence-corrected chi connectivity index (χ0v) is 20.3. The lowest BCUT2D eigenvalue weighted by Crippen LogP contribution is -3.00. The van der Waals surface area contributed by atoms with Crippen molar-refractivity contribution in [3.05, 3.63) is 0 Å². The van der Waals surface area contributed by atoms with Gasteiger partial charge in [-0.25, -0.2) is 0 Å². The van der Waals surface area contributed by atoms with E-state index in [0.717, 1.165) is 0 Å². The van der Waals surface area contributed by atoms with Crippen molar-refractivity contribution in [2.24, 2.45) is 0 Å². The van der Waals surface area contributed by atoms with Gasteiger partial charge in [-0.3, -0.25) is 0 Å². The standard InChI is InChI=1S/4C4H8O2.FH.5H3N/c4*1-2-3-4(5)6;;;;;;/h4*2-3H2,1H3,(H,5,6);1H;5*1H3. The van der Waals surface area contributed by atoms with Crippen molar-refractivity contribution in [1.29, 1.82) is 0 Å². The normalized spacial score (nSPS) is 6.53. The largest absolute Gasteiger partial charge is 1.00 e. The molecule has 0 aliphatic carbocycles. The third-order valence-electron chi connectivity index (χ3n) is 1.82. The van der Waals surface area contributed by atoms with Crippen LogP contribution in [0.25, 0.3) is 0 Å². The molecule has 0 spiro atoms. The van der Waals surface area contributed by atoms with Gasteiger partial charge in [-0.1, -0.05) is 53.4 Å². The molecule has 0 saturated carbocycles. The summed E-state index contributed by atoms with van der Waals surface area (Å²) in [5, 5.41) is 38.0. The third-order valence-corrected chi connectivity index (χ3v) is 1.82. The molecule has 0 heterocycles. The topological polar surface area (TPSA) is 343 Å². The Morgan fingerprint density at radius 2 is 0.533 bits per heavy atom. The van der Waals surface area contributed by atoms with E-state index in [4.69, 9.17) is 0 Å². The Bertz CT molecular complexity index is 288. The summed E-state index contributed by atoms with van der Waals surface area (Å²) in [5.41, 5.74) is 0. The summed E-state index contributed by atoms with van der Waals surface area (Å²) in [4.78, 5) is 38.0. The van der Waals surface area contributed by atoms with E-state index in [2.05, 4.69) is 0 Å². The lowest BCUT2D eigenvalue weighted by atomic mass is 10.4. The maximum atomic E-state index is 9.49. The minimum atomic E-state index is -0.961. The van der Waals surface area contributed by atoms with E-state index in [0.29, 0.717) is 25.7 Å². The first-order valence-corrected chi connectivity index (χ1v) is 7.88. The van der Waals surface area contributed by atoms with Gasteiger partial charge in [0.05, 0.1) is 0 Å². The van der Waals surface area contributed by atoms with Crippen LogP contribution in [0.3, 0.4) is 0 Å². The highest BCUT2D eigenvalue weighted by Crippen LogP contribution is 1.80. The molecule has 0 amide bonds. The second-order valence-corrected chi connectivity index (χ2v) is 4.49. The molecule has 13 nitrogen and oxygen atoms in total. The molecule has 30 heavy (non-hydrogen) atoms. The molecule has 192 valence electrons. The van der Waals surface area contributed by atoms with Crippen LogP contribution in [0, 0.1) is 0 Å². The molecule has 0 atom stereocenters. The summed E-state index contributed by atoms with van der Waals surface area (Å²) >= 11 is 0. The minimum Gasteiger partial charge on any atom is -1.00 e. The zero-order chi connectivity index (χ0) is 20.0. The lowest BCUT2D eigenvalue weighted by Gasteiger charge is -1.92. The van der Waals surface area contributed by atoms with Crippen molar-refractivity contribution in [3.8, 4) is 0 Å². The van der Waals surface area contributed by atoms with Crippen molar-refractivity contribution in [3.63, 3.8) is 0 Å². The quantitative estimate of drug-likeness (QED) is 0.249. The van der Waals surface area contributed by atoms with Crippen LogP contribution in [0.4, 0.5) is 0 Å². The molecule has 0 radical (unpaired) electrons. The number of carboxylic acids is 4. The highest BCUT2D eigenvalue weighted by molar-refractivity contribution is 5.64. The van der Waals surface area contributed by atoms with Crippen LogP contribution in [0.5, 0.6) is 0 Å². The van der Waals surface area contributed by atoms with Crippen molar-refractivity contribution in [1.82, 2.24) is 30.8 Å². The average molecular weight is 458 g/mol. The van der Waals surface area contributed by atoms with Gasteiger partial charge in [0.1, 0.15) is 0 Å². The van der Waals surface area contributed by atoms with E-state index in [-0.39, 0.29) is 61.1 Å². The van der Waals surface area contributed by atoms with Gasteiger partial charge in [-0.05, 0) is 25.7 Å². The van der Waals surface area contributed by atoms with E-state index in [1.165, 1.54) is 0 Å². The number of quaternary nitrogens is 5. The van der Waals surface area contributed by atoms with Gasteiger partial charge in [0.15, 0.2) is 0 Å². The van der Waals surface area contributed by atoms with Crippen LogP contribution in [-0.2, 0) is 19.2 Å². The first-order chi connectivity index (χ1) is 11.1. The molecular weight excluding hydrogens is 409 g/mol. The first-order valence-electron chi connectivity index (χ1n) is 7.88. The van der Waals surface area contributed by atoms with Crippen LogP contribution in [-0.4, -0.2) is 23.9 Å². The SMILES string of the molecule is CCCC(=O)[O-].CCCC(=O)[O-].CCCC(=O)[O-].CCCC(=O)[O-].[F-].[NH4+].[NH4+].[NH4+].[NH4+].[NH4+]. The molecule has 0 rings (SSSR count). The van der Waals surface area contributed by atoms with Crippen LogP contribution in [0.2, 0.25) is 0 Å². The Labute approximate surface area is 178 Å². The fraction of sp³-hybridized carbons (Fsp3) is 0.750. The molecule has 0 aliphatic rings. The van der Waals surface area contributed by atoms with Crippen LogP contribution in [0.15, 0.2) is 0 Å². The minimum absolute atomic E-state index is 0. The van der Waals surface area contributed by atoms with Crippen LogP contribution >= 0.6 is 0 Å². The zero-order valence-electron chi connectivity index (χ0n) is 20.3. The summed E-state index contributed by atoms with van der Waals surface area (Å²) in [5.74, 6) is -3.84. The Balaban J connectivity index is -0.0000000208. The van der Waals surface area contributed by atoms with Gasteiger partial charge in [0.25, 0.3) is 0 Å². The first kappa shape index (κ1) is 63.0. The lowest BCUT2D eigenvalue weighted by molar-refractivity contribution is -0.307. The third kappa shape index (κ3) is 168. The Morgan fingerprint density at radius 1 is 0.433 bits per heavy atom. The summed E-state index contributed by atoms with van der Waals surface area (Å²) in [6.07, 6.45) is 3.40. The Hall–Kier alpha value is -2.39. The molecular formula is C16H48FN5O8. The number of aliphatic carboxylic acids is 4. The van der Waals surface area contributed by atoms with E-state index < -0.39 is 23.9 Å². The molecule has 0 aromatic carbocycles. The second kappa shape index (κ2) is 56.3. The van der Waals surface area contributed by atoms with Crippen molar-refractivity contribution in [2.45, 2.75) is 79.1 Å². The molecule has 0 aromatic heterocycles. The van der Waals surface area contributed by atoms with E-state index in [1.807, 2.05) is 0 Å². The van der Waals surface area contributed by atoms with Gasteiger partial charge in [0.2, 0.25) is 0 Å². The fourth-order valence-corrected chi connectivity index (χ4v) is 0.816. The number of hydrogen-bond donors (Lipinski definition) is 5.